The highest BCUT2D eigenvalue weighted by Crippen LogP contribution is 2.31. The van der Waals surface area contributed by atoms with Gasteiger partial charge >= 0.3 is 0 Å². The van der Waals surface area contributed by atoms with Crippen LogP contribution in [0, 0.1) is 5.92 Å². The fourth-order valence-electron chi connectivity index (χ4n) is 3.72. The molecule has 4 nitrogen and oxygen atoms in total. The van der Waals surface area contributed by atoms with Gasteiger partial charge in [-0.3, -0.25) is 4.79 Å². The second kappa shape index (κ2) is 6.79. The number of carbonyl (C=O) groups is 1. The Kier molecular flexibility index (Phi) is 4.35. The number of para-hydroxylation sites is 1. The Labute approximate surface area is 147 Å². The van der Waals surface area contributed by atoms with Crippen LogP contribution in [0.5, 0.6) is 5.75 Å². The lowest BCUT2D eigenvalue weighted by molar-refractivity contribution is -0.124. The lowest BCUT2D eigenvalue weighted by Gasteiger charge is -2.29. The van der Waals surface area contributed by atoms with Crippen molar-refractivity contribution >= 4 is 27.8 Å². The average Bonchev–Trinajstić information content (AvgIpc) is 3.00. The first-order valence-electron chi connectivity index (χ1n) is 9.04. The summed E-state index contributed by atoms with van der Waals surface area (Å²) in [6, 6.07) is 13.9. The lowest BCUT2D eigenvalue weighted by atomic mass is 9.86. The Morgan fingerprint density at radius 3 is 2.80 bits per heavy atom. The zero-order chi connectivity index (χ0) is 17.2. The van der Waals surface area contributed by atoms with E-state index in [9.17, 15) is 4.79 Å². The molecule has 25 heavy (non-hydrogen) atoms. The minimum absolute atomic E-state index is 0.0455. The molecule has 0 unspecified atom stereocenters. The van der Waals surface area contributed by atoms with Gasteiger partial charge in [-0.2, -0.15) is 0 Å². The molecular weight excluding hydrogens is 314 g/mol. The summed E-state index contributed by atoms with van der Waals surface area (Å²) in [6.45, 7) is 2.26. The van der Waals surface area contributed by atoms with Gasteiger partial charge < -0.3 is 14.5 Å². The molecule has 1 aliphatic carbocycles. The molecule has 130 valence electrons. The molecule has 0 aliphatic heterocycles. The molecule has 1 aromatic heterocycles. The number of benzene rings is 2. The third-order valence-electron chi connectivity index (χ3n) is 5.18. The van der Waals surface area contributed by atoms with E-state index < -0.39 is 0 Å². The molecule has 1 fully saturated rings. The van der Waals surface area contributed by atoms with Crippen molar-refractivity contribution in [1.82, 2.24) is 5.32 Å². The predicted molar refractivity (Wildman–Crippen MR) is 98.8 cm³/mol. The van der Waals surface area contributed by atoms with Crippen molar-refractivity contribution < 1.29 is 13.9 Å². The maximum absolute atomic E-state index is 12.2. The molecular formula is C21H23NO3. The molecule has 0 spiro atoms. The molecule has 3 aromatic rings. The van der Waals surface area contributed by atoms with Crippen LogP contribution in [0.3, 0.4) is 0 Å². The minimum Gasteiger partial charge on any atom is -0.484 e. The van der Waals surface area contributed by atoms with E-state index in [2.05, 4.69) is 12.2 Å². The minimum atomic E-state index is -0.0455. The molecule has 1 saturated carbocycles. The van der Waals surface area contributed by atoms with Crippen molar-refractivity contribution in [3.05, 3.63) is 42.5 Å². The SMILES string of the molecule is C[C@@H]1CCCC[C@H]1NC(=O)COc1ccc2oc3ccccc3c2c1. The van der Waals surface area contributed by atoms with Crippen LogP contribution in [0.15, 0.2) is 46.9 Å². The highest BCUT2D eigenvalue weighted by Gasteiger charge is 2.22. The summed E-state index contributed by atoms with van der Waals surface area (Å²) in [6.07, 6.45) is 4.72. The van der Waals surface area contributed by atoms with Crippen LogP contribution in [0.2, 0.25) is 0 Å². The van der Waals surface area contributed by atoms with Crippen LogP contribution < -0.4 is 10.1 Å². The molecule has 4 heteroatoms. The van der Waals surface area contributed by atoms with Gasteiger partial charge in [-0.25, -0.2) is 0 Å². The van der Waals surface area contributed by atoms with Gasteiger partial charge in [0.05, 0.1) is 0 Å². The second-order valence-corrected chi connectivity index (χ2v) is 6.98. The first-order chi connectivity index (χ1) is 12.2. The third kappa shape index (κ3) is 3.34. The van der Waals surface area contributed by atoms with E-state index in [-0.39, 0.29) is 18.6 Å². The maximum atomic E-state index is 12.2. The summed E-state index contributed by atoms with van der Waals surface area (Å²) in [5, 5.41) is 5.19. The molecule has 1 amide bonds. The standard InChI is InChI=1S/C21H23NO3/c1-14-6-2-4-8-18(14)22-21(23)13-24-15-10-11-20-17(12-15)16-7-3-5-9-19(16)25-20/h3,5,7,9-12,14,18H,2,4,6,8,13H2,1H3,(H,22,23)/t14-,18-/m1/s1. The van der Waals surface area contributed by atoms with Gasteiger partial charge in [-0.1, -0.05) is 38.0 Å². The number of hydrogen-bond donors (Lipinski definition) is 1. The van der Waals surface area contributed by atoms with Gasteiger partial charge in [0, 0.05) is 16.8 Å². The van der Waals surface area contributed by atoms with Gasteiger partial charge in [0.1, 0.15) is 16.9 Å². The monoisotopic (exact) mass is 337 g/mol. The normalized spacial score (nSPS) is 20.7. The van der Waals surface area contributed by atoms with Crippen molar-refractivity contribution in [3.63, 3.8) is 0 Å². The van der Waals surface area contributed by atoms with E-state index in [0.717, 1.165) is 28.4 Å². The largest absolute Gasteiger partial charge is 0.484 e. The lowest BCUT2D eigenvalue weighted by Crippen LogP contribution is -2.43. The third-order valence-corrected chi connectivity index (χ3v) is 5.18. The molecule has 1 aliphatic rings. The maximum Gasteiger partial charge on any atom is 0.258 e. The fourth-order valence-corrected chi connectivity index (χ4v) is 3.72. The first kappa shape index (κ1) is 16.0. The smallest absolute Gasteiger partial charge is 0.258 e. The highest BCUT2D eigenvalue weighted by atomic mass is 16.5. The number of amides is 1. The summed E-state index contributed by atoms with van der Waals surface area (Å²) < 4.78 is 11.5. The first-order valence-corrected chi connectivity index (χ1v) is 9.04. The summed E-state index contributed by atoms with van der Waals surface area (Å²) in [5.41, 5.74) is 1.69. The van der Waals surface area contributed by atoms with Crippen molar-refractivity contribution in [2.75, 3.05) is 6.61 Å². The van der Waals surface area contributed by atoms with Crippen LogP contribution >= 0.6 is 0 Å². The number of hydrogen-bond acceptors (Lipinski definition) is 3. The van der Waals surface area contributed by atoms with Crippen LogP contribution in [-0.4, -0.2) is 18.6 Å². The molecule has 1 N–H and O–H groups in total. The van der Waals surface area contributed by atoms with Crippen molar-refractivity contribution in [2.24, 2.45) is 5.92 Å². The number of ether oxygens (including phenoxy) is 1. The summed E-state index contributed by atoms with van der Waals surface area (Å²) in [4.78, 5) is 12.2. The zero-order valence-electron chi connectivity index (χ0n) is 14.5. The quantitative estimate of drug-likeness (QED) is 0.753. The molecule has 0 bridgehead atoms. The molecule has 4 rings (SSSR count). The van der Waals surface area contributed by atoms with E-state index in [1.54, 1.807) is 0 Å². The van der Waals surface area contributed by atoms with Crippen molar-refractivity contribution in [1.29, 1.82) is 0 Å². The van der Waals surface area contributed by atoms with Crippen molar-refractivity contribution in [2.45, 2.75) is 38.6 Å². The molecule has 0 radical (unpaired) electrons. The Balaban J connectivity index is 1.43. The van der Waals surface area contributed by atoms with E-state index in [1.165, 1.54) is 19.3 Å². The van der Waals surface area contributed by atoms with Gasteiger partial charge in [0.15, 0.2) is 6.61 Å². The van der Waals surface area contributed by atoms with Gasteiger partial charge in [-0.15, -0.1) is 0 Å². The molecule has 0 saturated heterocycles. The average molecular weight is 337 g/mol. The summed E-state index contributed by atoms with van der Waals surface area (Å²) in [5.74, 6) is 1.19. The molecule has 2 aromatic carbocycles. The van der Waals surface area contributed by atoms with E-state index in [4.69, 9.17) is 9.15 Å². The highest BCUT2D eigenvalue weighted by molar-refractivity contribution is 6.05. The van der Waals surface area contributed by atoms with E-state index in [0.29, 0.717) is 11.7 Å². The topological polar surface area (TPSA) is 51.5 Å². The van der Waals surface area contributed by atoms with Gasteiger partial charge in [0.2, 0.25) is 0 Å². The van der Waals surface area contributed by atoms with Crippen LogP contribution in [-0.2, 0) is 4.79 Å². The van der Waals surface area contributed by atoms with Crippen LogP contribution in [0.4, 0.5) is 0 Å². The number of rotatable bonds is 4. The number of nitrogens with one attached hydrogen (secondary N) is 1. The number of fused-ring (bicyclic) bond motifs is 3. The summed E-state index contributed by atoms with van der Waals surface area (Å²) in [7, 11) is 0. The van der Waals surface area contributed by atoms with Crippen LogP contribution in [0.25, 0.3) is 21.9 Å². The summed E-state index contributed by atoms with van der Waals surface area (Å²) >= 11 is 0. The van der Waals surface area contributed by atoms with Gasteiger partial charge in [0.25, 0.3) is 5.91 Å². The van der Waals surface area contributed by atoms with E-state index >= 15 is 0 Å². The zero-order valence-corrected chi connectivity index (χ0v) is 14.5. The second-order valence-electron chi connectivity index (χ2n) is 6.98. The Morgan fingerprint density at radius 2 is 1.92 bits per heavy atom. The number of furan rings is 1. The molecule has 2 atom stereocenters. The van der Waals surface area contributed by atoms with Crippen LogP contribution in [0.1, 0.15) is 32.6 Å². The number of carbonyl (C=O) groups excluding carboxylic acids is 1. The Bertz CT molecular complexity index is 898. The van der Waals surface area contributed by atoms with Crippen molar-refractivity contribution in [3.8, 4) is 5.75 Å². The fraction of sp³-hybridized carbons (Fsp3) is 0.381. The van der Waals surface area contributed by atoms with Gasteiger partial charge in [-0.05, 0) is 43.0 Å². The Morgan fingerprint density at radius 1 is 1.12 bits per heavy atom. The van der Waals surface area contributed by atoms with E-state index in [1.807, 2.05) is 42.5 Å². The predicted octanol–water partition coefficient (Wildman–Crippen LogP) is 4.66. The molecule has 1 heterocycles. The Hall–Kier alpha value is -2.49.